The second-order valence-corrected chi connectivity index (χ2v) is 5.70. The van der Waals surface area contributed by atoms with Gasteiger partial charge in [0, 0.05) is 19.5 Å². The van der Waals surface area contributed by atoms with Crippen LogP contribution in [0.25, 0.3) is 0 Å². The van der Waals surface area contributed by atoms with Gasteiger partial charge in [0.15, 0.2) is 17.5 Å². The highest BCUT2D eigenvalue weighted by Gasteiger charge is 2.05. The molecule has 0 radical (unpaired) electrons. The lowest BCUT2D eigenvalue weighted by atomic mass is 10.2. The summed E-state index contributed by atoms with van der Waals surface area (Å²) in [5.74, 6) is 2.03. The van der Waals surface area contributed by atoms with Crippen LogP contribution in [0.5, 0.6) is 11.5 Å². The van der Waals surface area contributed by atoms with Crippen molar-refractivity contribution in [1.29, 1.82) is 0 Å². The molecule has 1 rings (SSSR count). The van der Waals surface area contributed by atoms with E-state index in [9.17, 15) is 4.79 Å². The SMILES string of the molecule is CCNC(=NCc1ccc(OC)c(OC)c1)NCCCCCC(=O)OC. The van der Waals surface area contributed by atoms with Crippen LogP contribution >= 0.6 is 0 Å². The molecule has 0 aromatic heterocycles. The normalized spacial score (nSPS) is 11.0. The highest BCUT2D eigenvalue weighted by atomic mass is 16.5. The molecule has 0 saturated heterocycles. The number of esters is 1. The van der Waals surface area contributed by atoms with E-state index in [0.29, 0.717) is 24.5 Å². The van der Waals surface area contributed by atoms with Crippen LogP contribution in [0.3, 0.4) is 0 Å². The third-order valence-corrected chi connectivity index (χ3v) is 3.79. The molecule has 7 heteroatoms. The number of methoxy groups -OCH3 is 3. The van der Waals surface area contributed by atoms with E-state index in [4.69, 9.17) is 9.47 Å². The van der Waals surface area contributed by atoms with Gasteiger partial charge in [-0.05, 0) is 37.5 Å². The van der Waals surface area contributed by atoms with Gasteiger partial charge in [0.2, 0.25) is 0 Å². The maximum Gasteiger partial charge on any atom is 0.305 e. The summed E-state index contributed by atoms with van der Waals surface area (Å²) in [4.78, 5) is 15.7. The molecule has 0 aliphatic rings. The number of hydrogen-bond acceptors (Lipinski definition) is 5. The molecule has 2 N–H and O–H groups in total. The molecule has 1 aromatic carbocycles. The summed E-state index contributed by atoms with van der Waals surface area (Å²) in [6.45, 7) is 4.17. The molecule has 0 bridgehead atoms. The van der Waals surface area contributed by atoms with Gasteiger partial charge in [0.05, 0.1) is 27.9 Å². The number of aliphatic imine (C=N–C) groups is 1. The molecular weight excluding hydrogens is 334 g/mol. The second-order valence-electron chi connectivity index (χ2n) is 5.70. The first-order valence-electron chi connectivity index (χ1n) is 8.94. The lowest BCUT2D eigenvalue weighted by Crippen LogP contribution is -2.37. The summed E-state index contributed by atoms with van der Waals surface area (Å²) in [5, 5.41) is 6.54. The zero-order chi connectivity index (χ0) is 19.2. The number of carbonyl (C=O) groups excluding carboxylic acids is 1. The van der Waals surface area contributed by atoms with E-state index in [1.165, 1.54) is 7.11 Å². The molecule has 0 spiro atoms. The Bertz CT molecular complexity index is 576. The predicted octanol–water partition coefficient (Wildman–Crippen LogP) is 2.49. The van der Waals surface area contributed by atoms with E-state index in [-0.39, 0.29) is 5.97 Å². The van der Waals surface area contributed by atoms with Crippen LogP contribution in [-0.2, 0) is 16.1 Å². The van der Waals surface area contributed by atoms with Crippen molar-refractivity contribution in [2.24, 2.45) is 4.99 Å². The van der Waals surface area contributed by atoms with Crippen LogP contribution in [0, 0.1) is 0 Å². The Morgan fingerprint density at radius 3 is 2.46 bits per heavy atom. The third-order valence-electron chi connectivity index (χ3n) is 3.79. The zero-order valence-electron chi connectivity index (χ0n) is 16.3. The Balaban J connectivity index is 2.46. The first-order chi connectivity index (χ1) is 12.6. The van der Waals surface area contributed by atoms with Crippen molar-refractivity contribution in [1.82, 2.24) is 10.6 Å². The number of ether oxygens (including phenoxy) is 3. The van der Waals surface area contributed by atoms with Gasteiger partial charge in [-0.3, -0.25) is 4.79 Å². The number of nitrogens with zero attached hydrogens (tertiary/aromatic N) is 1. The largest absolute Gasteiger partial charge is 0.493 e. The first-order valence-corrected chi connectivity index (χ1v) is 8.94. The van der Waals surface area contributed by atoms with Crippen molar-refractivity contribution in [3.63, 3.8) is 0 Å². The van der Waals surface area contributed by atoms with Crippen molar-refractivity contribution >= 4 is 11.9 Å². The highest BCUT2D eigenvalue weighted by molar-refractivity contribution is 5.79. The molecular formula is C19H31N3O4. The maximum atomic E-state index is 11.1. The van der Waals surface area contributed by atoms with Gasteiger partial charge in [-0.25, -0.2) is 4.99 Å². The standard InChI is InChI=1S/C19H31N3O4/c1-5-20-19(21-12-8-6-7-9-18(23)26-4)22-14-15-10-11-16(24-2)17(13-15)25-3/h10-11,13H,5-9,12,14H2,1-4H3,(H2,20,21,22). The Morgan fingerprint density at radius 2 is 1.81 bits per heavy atom. The van der Waals surface area contributed by atoms with Crippen molar-refractivity contribution in [3.05, 3.63) is 23.8 Å². The van der Waals surface area contributed by atoms with Crippen LogP contribution in [0.4, 0.5) is 0 Å². The number of carbonyl (C=O) groups is 1. The monoisotopic (exact) mass is 365 g/mol. The maximum absolute atomic E-state index is 11.1. The number of unbranched alkanes of at least 4 members (excludes halogenated alkanes) is 2. The molecule has 0 aliphatic carbocycles. The van der Waals surface area contributed by atoms with Gasteiger partial charge in [-0.2, -0.15) is 0 Å². The topological polar surface area (TPSA) is 81.2 Å². The molecule has 0 fully saturated rings. The molecule has 146 valence electrons. The lowest BCUT2D eigenvalue weighted by molar-refractivity contribution is -0.140. The Hall–Kier alpha value is -2.44. The minimum Gasteiger partial charge on any atom is -0.493 e. The minimum absolute atomic E-state index is 0.150. The van der Waals surface area contributed by atoms with E-state index >= 15 is 0 Å². The molecule has 0 saturated carbocycles. The zero-order valence-corrected chi connectivity index (χ0v) is 16.3. The van der Waals surface area contributed by atoms with Gasteiger partial charge in [0.25, 0.3) is 0 Å². The highest BCUT2D eigenvalue weighted by Crippen LogP contribution is 2.27. The molecule has 1 aromatic rings. The Morgan fingerprint density at radius 1 is 1.04 bits per heavy atom. The minimum atomic E-state index is -0.150. The van der Waals surface area contributed by atoms with E-state index in [1.807, 2.05) is 25.1 Å². The Kier molecular flexibility index (Phi) is 10.7. The number of benzene rings is 1. The van der Waals surface area contributed by atoms with Crippen molar-refractivity contribution in [2.75, 3.05) is 34.4 Å². The quantitative estimate of drug-likeness (QED) is 0.271. The first kappa shape index (κ1) is 21.6. The summed E-state index contributed by atoms with van der Waals surface area (Å²) in [5.41, 5.74) is 1.04. The fourth-order valence-electron chi connectivity index (χ4n) is 2.37. The van der Waals surface area contributed by atoms with Crippen molar-refractivity contribution < 1.29 is 19.0 Å². The van der Waals surface area contributed by atoms with E-state index < -0.39 is 0 Å². The third kappa shape index (κ3) is 8.09. The van der Waals surface area contributed by atoms with Gasteiger partial charge in [-0.1, -0.05) is 12.5 Å². The smallest absolute Gasteiger partial charge is 0.305 e. The number of rotatable bonds is 11. The lowest BCUT2D eigenvalue weighted by Gasteiger charge is -2.12. The van der Waals surface area contributed by atoms with Crippen LogP contribution in [-0.4, -0.2) is 46.3 Å². The van der Waals surface area contributed by atoms with Gasteiger partial charge in [0.1, 0.15) is 0 Å². The Labute approximate surface area is 156 Å². The average molecular weight is 365 g/mol. The molecule has 0 heterocycles. The number of hydrogen-bond donors (Lipinski definition) is 2. The molecule has 0 aliphatic heterocycles. The molecule has 26 heavy (non-hydrogen) atoms. The molecule has 0 unspecified atom stereocenters. The van der Waals surface area contributed by atoms with Gasteiger partial charge < -0.3 is 24.8 Å². The molecule has 7 nitrogen and oxygen atoms in total. The summed E-state index contributed by atoms with van der Waals surface area (Å²) in [6.07, 6.45) is 3.26. The molecule has 0 atom stereocenters. The summed E-state index contributed by atoms with van der Waals surface area (Å²) >= 11 is 0. The van der Waals surface area contributed by atoms with Crippen LogP contribution < -0.4 is 20.1 Å². The average Bonchev–Trinajstić information content (AvgIpc) is 2.67. The van der Waals surface area contributed by atoms with Crippen molar-refractivity contribution in [3.8, 4) is 11.5 Å². The van der Waals surface area contributed by atoms with Gasteiger partial charge in [-0.15, -0.1) is 0 Å². The predicted molar refractivity (Wildman–Crippen MR) is 103 cm³/mol. The second kappa shape index (κ2) is 12.9. The number of nitrogens with one attached hydrogen (secondary N) is 2. The van der Waals surface area contributed by atoms with Gasteiger partial charge >= 0.3 is 5.97 Å². The fraction of sp³-hybridized carbons (Fsp3) is 0.579. The van der Waals surface area contributed by atoms with E-state index in [2.05, 4.69) is 20.4 Å². The van der Waals surface area contributed by atoms with Crippen molar-refractivity contribution in [2.45, 2.75) is 39.2 Å². The summed E-state index contributed by atoms with van der Waals surface area (Å²) in [7, 11) is 4.66. The van der Waals surface area contributed by atoms with E-state index in [1.54, 1.807) is 14.2 Å². The van der Waals surface area contributed by atoms with Crippen LogP contribution in [0.1, 0.15) is 38.2 Å². The van der Waals surface area contributed by atoms with Crippen LogP contribution in [0.2, 0.25) is 0 Å². The summed E-state index contributed by atoms with van der Waals surface area (Å²) < 4.78 is 15.2. The van der Waals surface area contributed by atoms with E-state index in [0.717, 1.165) is 43.9 Å². The number of guanidine groups is 1. The molecule has 0 amide bonds. The van der Waals surface area contributed by atoms with Crippen LogP contribution in [0.15, 0.2) is 23.2 Å². The summed E-state index contributed by atoms with van der Waals surface area (Å²) in [6, 6.07) is 5.78. The fourth-order valence-corrected chi connectivity index (χ4v) is 2.37.